The molecular formula is C22H31NO3. The Morgan fingerprint density at radius 1 is 1.19 bits per heavy atom. The number of aliphatic hydroxyl groups excluding tert-OH is 1. The Kier molecular flexibility index (Phi) is 4.72. The number of likely N-dealkylation sites (tertiary alicyclic amines) is 1. The first-order valence-electron chi connectivity index (χ1n) is 10.1. The van der Waals surface area contributed by atoms with E-state index < -0.39 is 0 Å². The van der Waals surface area contributed by atoms with Gasteiger partial charge in [-0.1, -0.05) is 57.0 Å². The van der Waals surface area contributed by atoms with E-state index in [4.69, 9.17) is 4.74 Å². The van der Waals surface area contributed by atoms with Gasteiger partial charge in [0.2, 0.25) is 0 Å². The van der Waals surface area contributed by atoms with Crippen LogP contribution in [0, 0.1) is 29.1 Å². The molecule has 3 unspecified atom stereocenters. The minimum atomic E-state index is -0.273. The molecule has 4 nitrogen and oxygen atoms in total. The highest BCUT2D eigenvalue weighted by molar-refractivity contribution is 5.69. The number of benzene rings is 1. The Bertz CT molecular complexity index is 644. The predicted octanol–water partition coefficient (Wildman–Crippen LogP) is 4.08. The van der Waals surface area contributed by atoms with Gasteiger partial charge >= 0.3 is 6.09 Å². The average molecular weight is 357 g/mol. The van der Waals surface area contributed by atoms with Crippen LogP contribution in [0.5, 0.6) is 0 Å². The van der Waals surface area contributed by atoms with Crippen LogP contribution in [0.25, 0.3) is 0 Å². The minimum absolute atomic E-state index is 0.0426. The molecule has 2 saturated carbocycles. The summed E-state index contributed by atoms with van der Waals surface area (Å²) in [5.41, 5.74) is 1.23. The highest BCUT2D eigenvalue weighted by Crippen LogP contribution is 2.62. The molecule has 2 aliphatic carbocycles. The van der Waals surface area contributed by atoms with E-state index in [1.54, 1.807) is 0 Å². The van der Waals surface area contributed by atoms with Crippen molar-refractivity contribution in [2.45, 2.75) is 52.2 Å². The maximum absolute atomic E-state index is 12.8. The topological polar surface area (TPSA) is 49.8 Å². The first-order valence-corrected chi connectivity index (χ1v) is 10.1. The number of amides is 1. The Morgan fingerprint density at radius 2 is 1.92 bits per heavy atom. The van der Waals surface area contributed by atoms with Gasteiger partial charge in [-0.25, -0.2) is 4.79 Å². The lowest BCUT2D eigenvalue weighted by Crippen LogP contribution is -2.44. The van der Waals surface area contributed by atoms with Gasteiger partial charge in [-0.15, -0.1) is 0 Å². The Morgan fingerprint density at radius 3 is 2.65 bits per heavy atom. The molecule has 0 bridgehead atoms. The molecular weight excluding hydrogens is 326 g/mol. The number of aliphatic hydroxyl groups is 1. The number of rotatable bonds is 3. The third kappa shape index (κ3) is 2.83. The zero-order chi connectivity index (χ0) is 18.3. The molecule has 4 heteroatoms. The summed E-state index contributed by atoms with van der Waals surface area (Å²) >= 11 is 0. The third-order valence-electron chi connectivity index (χ3n) is 7.55. The van der Waals surface area contributed by atoms with Crippen molar-refractivity contribution in [1.29, 1.82) is 0 Å². The van der Waals surface area contributed by atoms with Crippen molar-refractivity contribution in [3.05, 3.63) is 35.9 Å². The monoisotopic (exact) mass is 357 g/mol. The van der Waals surface area contributed by atoms with Crippen molar-refractivity contribution in [1.82, 2.24) is 4.90 Å². The highest BCUT2D eigenvalue weighted by atomic mass is 16.6. The van der Waals surface area contributed by atoms with Crippen molar-refractivity contribution < 1.29 is 14.6 Å². The van der Waals surface area contributed by atoms with E-state index in [9.17, 15) is 9.90 Å². The minimum Gasteiger partial charge on any atom is -0.445 e. The van der Waals surface area contributed by atoms with E-state index in [1.807, 2.05) is 35.2 Å². The summed E-state index contributed by atoms with van der Waals surface area (Å²) in [4.78, 5) is 14.6. The van der Waals surface area contributed by atoms with Crippen molar-refractivity contribution >= 4 is 6.09 Å². The molecule has 5 atom stereocenters. The molecule has 1 aromatic rings. The quantitative estimate of drug-likeness (QED) is 0.887. The van der Waals surface area contributed by atoms with Gasteiger partial charge in [0.05, 0.1) is 12.6 Å². The number of ether oxygens (including phenoxy) is 1. The van der Waals surface area contributed by atoms with Gasteiger partial charge in [-0.2, -0.15) is 0 Å². The van der Waals surface area contributed by atoms with E-state index >= 15 is 0 Å². The molecule has 3 fully saturated rings. The van der Waals surface area contributed by atoms with Crippen molar-refractivity contribution in [3.63, 3.8) is 0 Å². The van der Waals surface area contributed by atoms with Crippen LogP contribution < -0.4 is 0 Å². The van der Waals surface area contributed by atoms with Crippen LogP contribution in [0.1, 0.15) is 45.1 Å². The second-order valence-electron chi connectivity index (χ2n) is 9.00. The molecule has 1 aliphatic heterocycles. The summed E-state index contributed by atoms with van der Waals surface area (Å²) in [5.74, 6) is 2.28. The fraction of sp³-hybridized carbons (Fsp3) is 0.682. The summed E-state index contributed by atoms with van der Waals surface area (Å²) in [6.45, 7) is 5.82. The maximum atomic E-state index is 12.8. The average Bonchev–Trinajstić information content (AvgIpc) is 3.16. The second-order valence-corrected chi connectivity index (χ2v) is 9.00. The van der Waals surface area contributed by atoms with E-state index in [0.29, 0.717) is 24.4 Å². The SMILES string of the molecule is CC1(C)C2CN(C(=O)OCc3ccccc3)[C@H](CO)C2[C@H]2CCCCC21. The smallest absolute Gasteiger partial charge is 0.410 e. The number of nitrogens with zero attached hydrogens (tertiary/aromatic N) is 1. The van der Waals surface area contributed by atoms with Crippen LogP contribution in [0.4, 0.5) is 4.79 Å². The molecule has 142 valence electrons. The van der Waals surface area contributed by atoms with Gasteiger partial charge in [0.25, 0.3) is 0 Å². The third-order valence-corrected chi connectivity index (χ3v) is 7.55. The van der Waals surface area contributed by atoms with Crippen LogP contribution in [0.2, 0.25) is 0 Å². The van der Waals surface area contributed by atoms with Crippen LogP contribution in [-0.4, -0.2) is 35.3 Å². The Balaban J connectivity index is 1.49. The van der Waals surface area contributed by atoms with E-state index in [-0.39, 0.29) is 24.2 Å². The van der Waals surface area contributed by atoms with Gasteiger partial charge < -0.3 is 14.7 Å². The lowest BCUT2D eigenvalue weighted by atomic mass is 9.69. The summed E-state index contributed by atoms with van der Waals surface area (Å²) in [7, 11) is 0. The fourth-order valence-electron chi connectivity index (χ4n) is 6.31. The summed E-state index contributed by atoms with van der Waals surface area (Å²) in [5, 5.41) is 10.1. The van der Waals surface area contributed by atoms with Gasteiger partial charge in [-0.05, 0) is 47.5 Å². The molecule has 1 N–H and O–H groups in total. The van der Waals surface area contributed by atoms with Crippen LogP contribution in [-0.2, 0) is 11.3 Å². The molecule has 4 rings (SSSR count). The van der Waals surface area contributed by atoms with Gasteiger partial charge in [-0.3, -0.25) is 0 Å². The number of fused-ring (bicyclic) bond motifs is 3. The normalized spacial score (nSPS) is 35.0. The van der Waals surface area contributed by atoms with Crippen molar-refractivity contribution in [2.24, 2.45) is 29.1 Å². The van der Waals surface area contributed by atoms with Gasteiger partial charge in [0, 0.05) is 6.54 Å². The standard InChI is InChI=1S/C22H31NO3/c1-22(2)17-11-7-6-10-16(17)20-18(22)12-23(19(20)13-24)21(25)26-14-15-8-4-3-5-9-15/h3-5,8-9,16-20,24H,6-7,10-14H2,1-2H3/t16-,17?,18?,19+,20?/m0/s1. The lowest BCUT2D eigenvalue weighted by molar-refractivity contribution is 0.0506. The molecule has 1 aromatic carbocycles. The Labute approximate surface area is 156 Å². The zero-order valence-electron chi connectivity index (χ0n) is 15.9. The lowest BCUT2D eigenvalue weighted by Gasteiger charge is -2.39. The zero-order valence-corrected chi connectivity index (χ0v) is 15.9. The number of carbonyl (C=O) groups is 1. The van der Waals surface area contributed by atoms with E-state index in [1.165, 1.54) is 25.7 Å². The largest absolute Gasteiger partial charge is 0.445 e. The summed E-state index contributed by atoms with van der Waals surface area (Å²) in [6, 6.07) is 9.70. The van der Waals surface area contributed by atoms with Crippen LogP contribution in [0.3, 0.4) is 0 Å². The molecule has 1 amide bonds. The molecule has 0 spiro atoms. The fourth-order valence-corrected chi connectivity index (χ4v) is 6.31. The summed E-state index contributed by atoms with van der Waals surface area (Å²) in [6.07, 6.45) is 4.90. The van der Waals surface area contributed by atoms with Gasteiger partial charge in [0.15, 0.2) is 0 Å². The molecule has 0 radical (unpaired) electrons. The predicted molar refractivity (Wildman–Crippen MR) is 100 cm³/mol. The summed E-state index contributed by atoms with van der Waals surface area (Å²) < 4.78 is 5.59. The van der Waals surface area contributed by atoms with E-state index in [2.05, 4.69) is 13.8 Å². The Hall–Kier alpha value is -1.55. The van der Waals surface area contributed by atoms with E-state index in [0.717, 1.165) is 18.0 Å². The highest BCUT2D eigenvalue weighted by Gasteiger charge is 2.62. The first-order chi connectivity index (χ1) is 12.5. The maximum Gasteiger partial charge on any atom is 0.410 e. The van der Waals surface area contributed by atoms with Crippen molar-refractivity contribution in [3.8, 4) is 0 Å². The molecule has 1 saturated heterocycles. The van der Waals surface area contributed by atoms with Gasteiger partial charge in [0.1, 0.15) is 6.61 Å². The van der Waals surface area contributed by atoms with Crippen LogP contribution >= 0.6 is 0 Å². The number of hydrogen-bond acceptors (Lipinski definition) is 3. The number of hydrogen-bond donors (Lipinski definition) is 1. The van der Waals surface area contributed by atoms with Crippen LogP contribution in [0.15, 0.2) is 30.3 Å². The molecule has 26 heavy (non-hydrogen) atoms. The molecule has 0 aromatic heterocycles. The van der Waals surface area contributed by atoms with Crippen molar-refractivity contribution in [2.75, 3.05) is 13.2 Å². The second kappa shape index (κ2) is 6.88. The molecule has 1 heterocycles. The first kappa shape index (κ1) is 17.8. The molecule has 3 aliphatic rings. The number of carbonyl (C=O) groups excluding carboxylic acids is 1.